The van der Waals surface area contributed by atoms with Crippen LogP contribution in [-0.2, 0) is 12.8 Å². The number of nitrogens with zero attached hydrogens (tertiary/aromatic N) is 1. The number of anilines is 1. The number of hydrogen-bond acceptors (Lipinski definition) is 3. The molecule has 19 heavy (non-hydrogen) atoms. The van der Waals surface area contributed by atoms with Crippen LogP contribution in [0.4, 0.5) is 18.9 Å². The topological polar surface area (TPSA) is 23.5 Å². The Kier molecular flexibility index (Phi) is 4.30. The second-order valence-electron chi connectivity index (χ2n) is 4.63. The summed E-state index contributed by atoms with van der Waals surface area (Å²) >= 11 is 1.82. The predicted octanol–water partition coefficient (Wildman–Crippen LogP) is 3.14. The number of halogens is 3. The van der Waals surface area contributed by atoms with Gasteiger partial charge in [0.2, 0.25) is 0 Å². The summed E-state index contributed by atoms with van der Waals surface area (Å²) in [6.07, 6.45) is -3.44. The van der Waals surface area contributed by atoms with Gasteiger partial charge in [0.05, 0.1) is 12.2 Å². The lowest BCUT2D eigenvalue weighted by atomic mass is 10.1. The van der Waals surface area contributed by atoms with Crippen molar-refractivity contribution in [2.45, 2.75) is 25.2 Å². The van der Waals surface area contributed by atoms with Gasteiger partial charge >= 0.3 is 6.18 Å². The van der Waals surface area contributed by atoms with Gasteiger partial charge in [-0.3, -0.25) is 0 Å². The average Bonchev–Trinajstić information content (AvgIpc) is 2.90. The van der Waals surface area contributed by atoms with Gasteiger partial charge in [-0.1, -0.05) is 6.07 Å². The van der Waals surface area contributed by atoms with E-state index in [9.17, 15) is 13.2 Å². The fourth-order valence-electron chi connectivity index (χ4n) is 2.22. The summed E-state index contributed by atoms with van der Waals surface area (Å²) in [6.45, 7) is -0.599. The number of benzene rings is 1. The van der Waals surface area contributed by atoms with Crippen molar-refractivity contribution in [3.05, 3.63) is 29.3 Å². The lowest BCUT2D eigenvalue weighted by Gasteiger charge is -2.27. The number of aliphatic hydroxyl groups is 1. The molecule has 1 heterocycles. The molecule has 1 aliphatic heterocycles. The number of alkyl halides is 3. The van der Waals surface area contributed by atoms with Gasteiger partial charge in [-0.05, 0) is 29.9 Å². The van der Waals surface area contributed by atoms with Gasteiger partial charge in [-0.2, -0.15) is 24.9 Å². The van der Waals surface area contributed by atoms with Gasteiger partial charge < -0.3 is 10.0 Å². The van der Waals surface area contributed by atoms with Crippen LogP contribution in [0.15, 0.2) is 18.2 Å². The van der Waals surface area contributed by atoms with Gasteiger partial charge in [-0.25, -0.2) is 0 Å². The number of rotatable bonds is 3. The zero-order valence-electron chi connectivity index (χ0n) is 10.6. The fraction of sp³-hybridized carbons (Fsp3) is 0.538. The molecule has 0 radical (unpaired) electrons. The molecule has 0 amide bonds. The van der Waals surface area contributed by atoms with E-state index < -0.39 is 18.3 Å². The monoisotopic (exact) mass is 291 g/mol. The van der Waals surface area contributed by atoms with Gasteiger partial charge in [0, 0.05) is 24.5 Å². The van der Waals surface area contributed by atoms with E-state index in [1.165, 1.54) is 6.07 Å². The Balaban J connectivity index is 2.31. The van der Waals surface area contributed by atoms with Gasteiger partial charge in [0.25, 0.3) is 0 Å². The molecule has 0 saturated carbocycles. The molecule has 1 unspecified atom stereocenters. The Morgan fingerprint density at radius 1 is 1.42 bits per heavy atom. The summed E-state index contributed by atoms with van der Waals surface area (Å²) in [4.78, 5) is 1.90. The summed E-state index contributed by atoms with van der Waals surface area (Å²) in [6, 6.07) is 4.42. The second-order valence-corrected chi connectivity index (χ2v) is 5.78. The van der Waals surface area contributed by atoms with Crippen LogP contribution in [0.25, 0.3) is 0 Å². The molecule has 6 heteroatoms. The maximum Gasteiger partial charge on any atom is 0.416 e. The zero-order valence-corrected chi connectivity index (χ0v) is 11.4. The molecule has 1 saturated heterocycles. The first-order chi connectivity index (χ1) is 8.93. The van der Waals surface area contributed by atoms with Crippen molar-refractivity contribution in [3.63, 3.8) is 0 Å². The van der Waals surface area contributed by atoms with E-state index in [4.69, 9.17) is 5.11 Å². The molecule has 1 aromatic carbocycles. The van der Waals surface area contributed by atoms with Gasteiger partial charge in [0.15, 0.2) is 0 Å². The molecular weight excluding hydrogens is 275 g/mol. The molecule has 1 aliphatic rings. The van der Waals surface area contributed by atoms with E-state index in [-0.39, 0.29) is 11.6 Å². The molecule has 0 spiro atoms. The minimum atomic E-state index is -4.43. The van der Waals surface area contributed by atoms with Crippen LogP contribution in [0.3, 0.4) is 0 Å². The second kappa shape index (κ2) is 5.63. The molecule has 2 rings (SSSR count). The first kappa shape index (κ1) is 14.5. The van der Waals surface area contributed by atoms with Crippen LogP contribution < -0.4 is 4.90 Å². The molecule has 1 N–H and O–H groups in total. The molecule has 0 aliphatic carbocycles. The molecular formula is C13H16F3NOS. The Morgan fingerprint density at radius 3 is 2.68 bits per heavy atom. The van der Waals surface area contributed by atoms with E-state index in [0.29, 0.717) is 5.69 Å². The van der Waals surface area contributed by atoms with Gasteiger partial charge in [0.1, 0.15) is 0 Å². The molecule has 0 bridgehead atoms. The predicted molar refractivity (Wildman–Crippen MR) is 71.5 cm³/mol. The molecule has 1 fully saturated rings. The van der Waals surface area contributed by atoms with E-state index in [1.807, 2.05) is 23.7 Å². The third kappa shape index (κ3) is 3.17. The Bertz CT molecular complexity index is 444. The number of hydrogen-bond donors (Lipinski definition) is 1. The summed E-state index contributed by atoms with van der Waals surface area (Å²) in [5, 5.41) is 9.01. The molecule has 0 aromatic heterocycles. The van der Waals surface area contributed by atoms with E-state index in [2.05, 4.69) is 0 Å². The third-order valence-corrected chi connectivity index (χ3v) is 4.57. The van der Waals surface area contributed by atoms with E-state index in [1.54, 1.807) is 6.07 Å². The standard InChI is InChI=1S/C13H16F3NOS/c1-17(11-4-5-19-8-11)10-3-2-9(7-18)12(6-10)13(14,15)16/h2-3,6,11,18H,4-5,7-8H2,1H3. The third-order valence-electron chi connectivity index (χ3n) is 3.43. The summed E-state index contributed by atoms with van der Waals surface area (Å²) in [7, 11) is 1.82. The highest BCUT2D eigenvalue weighted by molar-refractivity contribution is 7.99. The first-order valence-electron chi connectivity index (χ1n) is 6.05. The lowest BCUT2D eigenvalue weighted by molar-refractivity contribution is -0.138. The summed E-state index contributed by atoms with van der Waals surface area (Å²) in [5.41, 5.74) is -0.271. The maximum atomic E-state index is 12.9. The van der Waals surface area contributed by atoms with Crippen molar-refractivity contribution in [1.29, 1.82) is 0 Å². The van der Waals surface area contributed by atoms with E-state index >= 15 is 0 Å². The van der Waals surface area contributed by atoms with Crippen LogP contribution in [0, 0.1) is 0 Å². The number of thioether (sulfide) groups is 1. The Labute approximate surface area is 114 Å². The molecule has 1 atom stereocenters. The highest BCUT2D eigenvalue weighted by Gasteiger charge is 2.34. The van der Waals surface area contributed by atoms with Crippen LogP contribution in [0.1, 0.15) is 17.5 Å². The van der Waals surface area contributed by atoms with Crippen molar-refractivity contribution in [2.75, 3.05) is 23.5 Å². The minimum Gasteiger partial charge on any atom is -0.392 e. The lowest BCUT2D eigenvalue weighted by Crippen LogP contribution is -2.31. The normalized spacial score (nSPS) is 19.7. The Morgan fingerprint density at radius 2 is 2.16 bits per heavy atom. The molecule has 1 aromatic rings. The van der Waals surface area contributed by atoms with Crippen LogP contribution in [0.5, 0.6) is 0 Å². The van der Waals surface area contributed by atoms with Crippen LogP contribution in [-0.4, -0.2) is 29.7 Å². The van der Waals surface area contributed by atoms with Crippen molar-refractivity contribution in [3.8, 4) is 0 Å². The minimum absolute atomic E-state index is 0.0783. The van der Waals surface area contributed by atoms with Crippen molar-refractivity contribution < 1.29 is 18.3 Å². The highest BCUT2D eigenvalue weighted by atomic mass is 32.2. The molecule has 106 valence electrons. The summed E-state index contributed by atoms with van der Waals surface area (Å²) < 4.78 is 38.8. The maximum absolute atomic E-state index is 12.9. The van der Waals surface area contributed by atoms with Crippen molar-refractivity contribution in [1.82, 2.24) is 0 Å². The highest BCUT2D eigenvalue weighted by Crippen LogP contribution is 2.35. The number of aliphatic hydroxyl groups excluding tert-OH is 1. The van der Waals surface area contributed by atoms with Crippen molar-refractivity contribution >= 4 is 17.4 Å². The van der Waals surface area contributed by atoms with Gasteiger partial charge in [-0.15, -0.1) is 0 Å². The molecule has 2 nitrogen and oxygen atoms in total. The SMILES string of the molecule is CN(c1ccc(CO)c(C(F)(F)F)c1)C1CCSC1. The summed E-state index contributed by atoms with van der Waals surface area (Å²) in [5.74, 6) is 2.00. The first-order valence-corrected chi connectivity index (χ1v) is 7.20. The van der Waals surface area contributed by atoms with Crippen molar-refractivity contribution in [2.24, 2.45) is 0 Å². The van der Waals surface area contributed by atoms with Crippen LogP contribution in [0.2, 0.25) is 0 Å². The quantitative estimate of drug-likeness (QED) is 0.925. The fourth-order valence-corrected chi connectivity index (χ4v) is 3.49. The Hall–Kier alpha value is -0.880. The average molecular weight is 291 g/mol. The largest absolute Gasteiger partial charge is 0.416 e. The van der Waals surface area contributed by atoms with E-state index in [0.717, 1.165) is 24.0 Å². The smallest absolute Gasteiger partial charge is 0.392 e. The van der Waals surface area contributed by atoms with Crippen LogP contribution >= 0.6 is 11.8 Å². The zero-order chi connectivity index (χ0) is 14.0.